The first-order valence-electron chi connectivity index (χ1n) is 5.66. The lowest BCUT2D eigenvalue weighted by Crippen LogP contribution is -2.50. The molecule has 0 fully saturated rings. The highest BCUT2D eigenvalue weighted by Gasteiger charge is 2.31. The third-order valence-corrected chi connectivity index (χ3v) is 2.64. The van der Waals surface area contributed by atoms with Crippen LogP contribution in [0.2, 0.25) is 0 Å². The van der Waals surface area contributed by atoms with Crippen molar-refractivity contribution in [3.05, 3.63) is 30.3 Å². The minimum atomic E-state index is -0.917. The van der Waals surface area contributed by atoms with E-state index in [0.717, 1.165) is 5.69 Å². The van der Waals surface area contributed by atoms with E-state index in [4.69, 9.17) is 12.2 Å². The number of carbonyl (C=O) groups is 1. The van der Waals surface area contributed by atoms with Crippen LogP contribution in [0.5, 0.6) is 0 Å². The maximum atomic E-state index is 11.2. The van der Waals surface area contributed by atoms with Gasteiger partial charge in [0.1, 0.15) is 6.04 Å². The number of hydrogen-bond acceptors (Lipinski definition) is 2. The first-order valence-corrected chi connectivity index (χ1v) is 6.07. The van der Waals surface area contributed by atoms with E-state index in [0.29, 0.717) is 5.11 Å². The van der Waals surface area contributed by atoms with Crippen molar-refractivity contribution in [3.63, 3.8) is 0 Å². The molecule has 1 unspecified atom stereocenters. The first-order chi connectivity index (χ1) is 8.30. The Morgan fingerprint density at radius 1 is 1.28 bits per heavy atom. The number of rotatable bonds is 3. The van der Waals surface area contributed by atoms with E-state index >= 15 is 0 Å². The van der Waals surface area contributed by atoms with Crippen LogP contribution in [-0.4, -0.2) is 22.2 Å². The molecule has 0 aliphatic carbocycles. The molecule has 0 saturated heterocycles. The molecule has 98 valence electrons. The second-order valence-electron chi connectivity index (χ2n) is 5.10. The summed E-state index contributed by atoms with van der Waals surface area (Å²) in [7, 11) is 0. The van der Waals surface area contributed by atoms with E-state index in [9.17, 15) is 9.90 Å². The lowest BCUT2D eigenvalue weighted by atomic mass is 9.87. The van der Waals surface area contributed by atoms with Gasteiger partial charge in [-0.05, 0) is 29.8 Å². The van der Waals surface area contributed by atoms with Crippen molar-refractivity contribution < 1.29 is 9.90 Å². The molecular formula is C13H18N2O2S. The number of hydrogen-bond donors (Lipinski definition) is 3. The Bertz CT molecular complexity index is 426. The van der Waals surface area contributed by atoms with Crippen LogP contribution < -0.4 is 10.6 Å². The minimum absolute atomic E-state index is 0.309. The van der Waals surface area contributed by atoms with Crippen molar-refractivity contribution in [3.8, 4) is 0 Å². The zero-order chi connectivity index (χ0) is 13.8. The number of anilines is 1. The predicted octanol–water partition coefficient (Wildman–Crippen LogP) is 2.47. The van der Waals surface area contributed by atoms with E-state index < -0.39 is 17.4 Å². The minimum Gasteiger partial charge on any atom is -0.480 e. The van der Waals surface area contributed by atoms with Crippen molar-refractivity contribution in [2.45, 2.75) is 26.8 Å². The molecule has 0 bridgehead atoms. The Labute approximate surface area is 112 Å². The summed E-state index contributed by atoms with van der Waals surface area (Å²) < 4.78 is 0. The van der Waals surface area contributed by atoms with Crippen LogP contribution in [0, 0.1) is 5.41 Å². The topological polar surface area (TPSA) is 61.4 Å². The highest BCUT2D eigenvalue weighted by atomic mass is 32.1. The van der Waals surface area contributed by atoms with E-state index in [-0.39, 0.29) is 0 Å². The zero-order valence-electron chi connectivity index (χ0n) is 10.7. The van der Waals surface area contributed by atoms with E-state index in [1.165, 1.54) is 0 Å². The number of para-hydroxylation sites is 1. The van der Waals surface area contributed by atoms with Gasteiger partial charge in [-0.25, -0.2) is 4.79 Å². The van der Waals surface area contributed by atoms with E-state index in [1.807, 2.05) is 51.1 Å². The average Bonchev–Trinajstić information content (AvgIpc) is 2.25. The first kappa shape index (κ1) is 14.4. The Kier molecular flexibility index (Phi) is 4.67. The fourth-order valence-corrected chi connectivity index (χ4v) is 1.70. The molecular weight excluding hydrogens is 248 g/mol. The van der Waals surface area contributed by atoms with Crippen LogP contribution in [0.4, 0.5) is 5.69 Å². The van der Waals surface area contributed by atoms with Gasteiger partial charge < -0.3 is 15.7 Å². The molecule has 0 heterocycles. The molecule has 0 radical (unpaired) electrons. The molecule has 4 nitrogen and oxygen atoms in total. The summed E-state index contributed by atoms with van der Waals surface area (Å²) in [5.74, 6) is -0.917. The molecule has 1 rings (SSSR count). The number of benzene rings is 1. The molecule has 0 aliphatic rings. The van der Waals surface area contributed by atoms with Crippen LogP contribution in [0.1, 0.15) is 20.8 Å². The maximum absolute atomic E-state index is 11.2. The van der Waals surface area contributed by atoms with Crippen molar-refractivity contribution in [2.75, 3.05) is 5.32 Å². The van der Waals surface area contributed by atoms with Crippen LogP contribution in [-0.2, 0) is 4.79 Å². The van der Waals surface area contributed by atoms with Gasteiger partial charge in [0.05, 0.1) is 0 Å². The number of carboxylic acids is 1. The van der Waals surface area contributed by atoms with E-state index in [1.54, 1.807) is 0 Å². The van der Waals surface area contributed by atoms with Crippen LogP contribution >= 0.6 is 12.2 Å². The smallest absolute Gasteiger partial charge is 0.326 e. The van der Waals surface area contributed by atoms with Gasteiger partial charge in [-0.15, -0.1) is 0 Å². The third-order valence-electron chi connectivity index (χ3n) is 2.42. The summed E-state index contributed by atoms with van der Waals surface area (Å²) in [5, 5.41) is 15.3. The van der Waals surface area contributed by atoms with Crippen LogP contribution in [0.15, 0.2) is 30.3 Å². The molecule has 0 saturated carbocycles. The van der Waals surface area contributed by atoms with Gasteiger partial charge in [-0.3, -0.25) is 0 Å². The summed E-state index contributed by atoms with van der Waals surface area (Å²) in [6, 6.07) is 8.65. The van der Waals surface area contributed by atoms with Crippen molar-refractivity contribution in [1.82, 2.24) is 5.32 Å². The largest absolute Gasteiger partial charge is 0.480 e. The van der Waals surface area contributed by atoms with Gasteiger partial charge in [0.25, 0.3) is 0 Å². The van der Waals surface area contributed by atoms with Gasteiger partial charge in [-0.1, -0.05) is 39.0 Å². The molecule has 1 atom stereocenters. The number of thiocarbonyl (C=S) groups is 1. The normalized spacial score (nSPS) is 12.6. The monoisotopic (exact) mass is 266 g/mol. The van der Waals surface area contributed by atoms with Crippen molar-refractivity contribution in [1.29, 1.82) is 0 Å². The third kappa shape index (κ3) is 4.33. The van der Waals surface area contributed by atoms with Gasteiger partial charge in [-0.2, -0.15) is 0 Å². The summed E-state index contributed by atoms with van der Waals surface area (Å²) in [6.07, 6.45) is 0. The fourth-order valence-electron chi connectivity index (χ4n) is 1.47. The second kappa shape index (κ2) is 5.82. The Hall–Kier alpha value is -1.62. The summed E-state index contributed by atoms with van der Waals surface area (Å²) >= 11 is 5.11. The van der Waals surface area contributed by atoms with Crippen molar-refractivity contribution >= 4 is 29.0 Å². The molecule has 0 amide bonds. The molecule has 0 spiro atoms. The van der Waals surface area contributed by atoms with Crippen LogP contribution in [0.3, 0.4) is 0 Å². The predicted molar refractivity (Wildman–Crippen MR) is 76.7 cm³/mol. The Morgan fingerprint density at radius 3 is 2.28 bits per heavy atom. The summed E-state index contributed by atoms with van der Waals surface area (Å²) in [6.45, 7) is 5.55. The fraction of sp³-hybridized carbons (Fsp3) is 0.385. The van der Waals surface area contributed by atoms with Gasteiger partial charge >= 0.3 is 5.97 Å². The molecule has 5 heteroatoms. The molecule has 1 aromatic carbocycles. The second-order valence-corrected chi connectivity index (χ2v) is 5.51. The number of aliphatic carboxylic acids is 1. The highest BCUT2D eigenvalue weighted by molar-refractivity contribution is 7.80. The molecule has 1 aromatic rings. The quantitative estimate of drug-likeness (QED) is 0.734. The standard InChI is InChI=1S/C13H18N2O2S/c1-13(2,3)10(11(16)17)15-12(18)14-9-7-5-4-6-8-9/h4-8,10H,1-3H3,(H,16,17)(H2,14,15,18). The molecule has 18 heavy (non-hydrogen) atoms. The summed E-state index contributed by atoms with van der Waals surface area (Å²) in [5.41, 5.74) is 0.405. The van der Waals surface area contributed by atoms with E-state index in [2.05, 4.69) is 10.6 Å². The maximum Gasteiger partial charge on any atom is 0.326 e. The molecule has 0 aromatic heterocycles. The lowest BCUT2D eigenvalue weighted by Gasteiger charge is -2.28. The zero-order valence-corrected chi connectivity index (χ0v) is 11.5. The number of nitrogens with one attached hydrogen (secondary N) is 2. The Balaban J connectivity index is 2.66. The van der Waals surface area contributed by atoms with Crippen molar-refractivity contribution in [2.24, 2.45) is 5.41 Å². The molecule has 0 aliphatic heterocycles. The van der Waals surface area contributed by atoms with Crippen LogP contribution in [0.25, 0.3) is 0 Å². The SMILES string of the molecule is CC(C)(C)C(NC(=S)Nc1ccccc1)C(=O)O. The average molecular weight is 266 g/mol. The Morgan fingerprint density at radius 2 is 1.83 bits per heavy atom. The lowest BCUT2D eigenvalue weighted by molar-refractivity contribution is -0.141. The van der Waals surface area contributed by atoms with Gasteiger partial charge in [0.2, 0.25) is 0 Å². The number of carboxylic acid groups (broad SMARTS) is 1. The van der Waals surface area contributed by atoms with Gasteiger partial charge in [0.15, 0.2) is 5.11 Å². The highest BCUT2D eigenvalue weighted by Crippen LogP contribution is 2.19. The van der Waals surface area contributed by atoms with Gasteiger partial charge in [0, 0.05) is 5.69 Å². The molecule has 3 N–H and O–H groups in total. The summed E-state index contributed by atoms with van der Waals surface area (Å²) in [4.78, 5) is 11.2.